The molecule has 0 aliphatic rings. The number of isothiocyanates is 1. The minimum atomic E-state index is -0.347. The monoisotopic (exact) mass is 1050 g/mol. The molecule has 6 aromatic carbocycles. The van der Waals surface area contributed by atoms with Gasteiger partial charge in [-0.2, -0.15) is 4.99 Å². The third-order valence-corrected chi connectivity index (χ3v) is 12.0. The predicted octanol–water partition coefficient (Wildman–Crippen LogP) is 13.5. The lowest BCUT2D eigenvalue weighted by Crippen LogP contribution is -2.34. The van der Waals surface area contributed by atoms with E-state index in [1.54, 1.807) is 47.7 Å². The molecule has 0 atom stereocenters. The highest BCUT2D eigenvalue weighted by Gasteiger charge is 2.18. The molecule has 18 heteroatoms. The highest BCUT2D eigenvalue weighted by atomic mass is 32.1. The molecule has 0 bridgehead atoms. The van der Waals surface area contributed by atoms with E-state index in [2.05, 4.69) is 108 Å². The first kappa shape index (κ1) is 53.0. The van der Waals surface area contributed by atoms with Gasteiger partial charge in [0, 0.05) is 113 Å². The summed E-state index contributed by atoms with van der Waals surface area (Å²) < 4.78 is 0. The average Bonchev–Trinajstić information content (AvgIpc) is 4.27. The number of carbonyl (C=O) groups excluding carboxylic acids is 2. The fourth-order valence-electron chi connectivity index (χ4n) is 7.22. The van der Waals surface area contributed by atoms with E-state index in [1.165, 1.54) is 5.39 Å². The number of nitrogens with one attached hydrogen (secondary N) is 8. The number of anilines is 5. The molecule has 0 unspecified atom stereocenters. The number of thiazole rings is 1. The first-order chi connectivity index (χ1) is 35.8. The van der Waals surface area contributed by atoms with Gasteiger partial charge in [-0.25, -0.2) is 4.98 Å². The molecule has 0 saturated carbocycles. The van der Waals surface area contributed by atoms with Crippen molar-refractivity contribution in [1.82, 2.24) is 30.2 Å². The number of hydrogen-bond donors (Lipinski definition) is 10. The second-order valence-corrected chi connectivity index (χ2v) is 19.0. The zero-order valence-electron chi connectivity index (χ0n) is 40.4. The highest BCUT2D eigenvalue weighted by molar-refractivity contribution is 7.80. The maximum atomic E-state index is 12.0. The van der Waals surface area contributed by atoms with Gasteiger partial charge in [-0.1, -0.05) is 81.4 Å². The van der Waals surface area contributed by atoms with E-state index >= 15 is 0 Å². The number of aromatic amines is 4. The van der Waals surface area contributed by atoms with Crippen LogP contribution in [-0.2, 0) is 5.41 Å². The number of aliphatic imine (C=N–C) groups is 1. The summed E-state index contributed by atoms with van der Waals surface area (Å²) in [5.74, 6) is -0.574. The van der Waals surface area contributed by atoms with Crippen LogP contribution in [0.4, 0.5) is 27.9 Å². The molecule has 0 radical (unpaired) electrons. The summed E-state index contributed by atoms with van der Waals surface area (Å²) in [6, 6.07) is 49.4. The average molecular weight is 1050 g/mol. The Morgan fingerprint density at radius 2 is 1.05 bits per heavy atom. The van der Waals surface area contributed by atoms with Gasteiger partial charge in [0.2, 0.25) is 0 Å². The number of rotatable bonds is 6. The van der Waals surface area contributed by atoms with Crippen molar-refractivity contribution < 1.29 is 9.59 Å². The van der Waals surface area contributed by atoms with E-state index in [-0.39, 0.29) is 27.5 Å². The molecule has 0 saturated heterocycles. The van der Waals surface area contributed by atoms with Crippen molar-refractivity contribution in [2.75, 3.05) is 21.7 Å². The quantitative estimate of drug-likeness (QED) is 0.0429. The van der Waals surface area contributed by atoms with Crippen LogP contribution in [0.25, 0.3) is 43.6 Å². The van der Waals surface area contributed by atoms with Crippen LogP contribution >= 0.6 is 48.0 Å². The van der Waals surface area contributed by atoms with Crippen molar-refractivity contribution in [3.63, 3.8) is 0 Å². The van der Waals surface area contributed by atoms with Crippen LogP contribution in [0.3, 0.4) is 0 Å². The molecule has 2 amide bonds. The number of aromatic nitrogens is 5. The van der Waals surface area contributed by atoms with E-state index in [0.717, 1.165) is 71.8 Å². The summed E-state index contributed by atoms with van der Waals surface area (Å²) >= 11 is 15.9. The third-order valence-electron chi connectivity index (χ3n) is 10.9. The Labute approximate surface area is 447 Å². The van der Waals surface area contributed by atoms with Gasteiger partial charge in [0.15, 0.2) is 15.4 Å². The number of fused-ring (bicyclic) bond motifs is 4. The largest absolute Gasteiger partial charge is 0.398 e. The number of nitrogen functional groups attached to an aromatic ring is 1. The Morgan fingerprint density at radius 1 is 0.595 bits per heavy atom. The minimum Gasteiger partial charge on any atom is -0.398 e. The van der Waals surface area contributed by atoms with Gasteiger partial charge in [0.05, 0.1) is 10.9 Å². The maximum Gasteiger partial charge on any atom is 0.285 e. The van der Waals surface area contributed by atoms with E-state index in [4.69, 9.17) is 35.9 Å². The number of nitrogens with two attached hydrogens (primary N) is 2. The van der Waals surface area contributed by atoms with Gasteiger partial charge in [-0.15, -0.1) is 11.3 Å². The highest BCUT2D eigenvalue weighted by Crippen LogP contribution is 2.31. The number of H-pyrrole nitrogens is 4. The molecule has 0 aliphatic heterocycles. The number of nitrogens with zero attached hydrogens (tertiary/aromatic N) is 2. The predicted molar refractivity (Wildman–Crippen MR) is 318 cm³/mol. The number of amides is 2. The summed E-state index contributed by atoms with van der Waals surface area (Å²) in [6.07, 6.45) is 7.59. The van der Waals surface area contributed by atoms with Crippen molar-refractivity contribution in [2.24, 2.45) is 10.7 Å². The second kappa shape index (κ2) is 25.6. The molecule has 74 heavy (non-hydrogen) atoms. The Bertz CT molecular complexity index is 3700. The zero-order valence-corrected chi connectivity index (χ0v) is 43.7. The lowest BCUT2D eigenvalue weighted by atomic mass is 9.93. The van der Waals surface area contributed by atoms with Gasteiger partial charge in [-0.3, -0.25) is 14.9 Å². The van der Waals surface area contributed by atoms with E-state index in [9.17, 15) is 9.59 Å². The number of thiocarbonyl (C=S) groups is 3. The fourth-order valence-corrected chi connectivity index (χ4v) is 8.57. The smallest absolute Gasteiger partial charge is 0.285 e. The van der Waals surface area contributed by atoms with Crippen molar-refractivity contribution in [3.8, 4) is 0 Å². The molecular formula is C56H52N12O2S4. The Morgan fingerprint density at radius 3 is 1.54 bits per heavy atom. The van der Waals surface area contributed by atoms with Crippen LogP contribution in [0, 0.1) is 0 Å². The molecule has 0 spiro atoms. The van der Waals surface area contributed by atoms with Crippen LogP contribution in [0.15, 0.2) is 193 Å². The molecule has 5 heterocycles. The molecule has 372 valence electrons. The van der Waals surface area contributed by atoms with Crippen molar-refractivity contribution >= 4 is 147 Å². The summed E-state index contributed by atoms with van der Waals surface area (Å²) in [5.41, 5.74) is 21.4. The molecule has 0 fully saturated rings. The molecule has 12 N–H and O–H groups in total. The number of carbonyl (C=O) groups is 2. The topological polar surface area (TPSA) is 223 Å². The SMILES string of the molecule is CC(C)(C)c1csc(Nc2cccc3[nH]ccc23)n1.NC(=S)Nc1cccc2[nH]ccc12.Nc1cccc2[nH]ccc12.O=C(N=C=S)c1ccccc1.O=C(NC(=S)Nc1cccc2[nH]ccc12)c1ccccc1. The summed E-state index contributed by atoms with van der Waals surface area (Å²) in [4.78, 5) is 43.5. The number of benzene rings is 6. The van der Waals surface area contributed by atoms with Crippen LogP contribution in [0.5, 0.6) is 0 Å². The molecule has 0 aliphatic carbocycles. The lowest BCUT2D eigenvalue weighted by Gasteiger charge is -2.14. The summed E-state index contributed by atoms with van der Waals surface area (Å²) in [7, 11) is 0. The molecule has 11 aromatic rings. The molecule has 14 nitrogen and oxygen atoms in total. The van der Waals surface area contributed by atoms with Gasteiger partial charge in [-0.05, 0) is 134 Å². The van der Waals surface area contributed by atoms with Crippen molar-refractivity contribution in [3.05, 3.63) is 205 Å². The summed E-state index contributed by atoms with van der Waals surface area (Å²) in [5, 5.41) is 22.1. The molecule has 11 rings (SSSR count). The Balaban J connectivity index is 0.000000139. The minimum absolute atomic E-state index is 0.0938. The number of hydrogen-bond acceptors (Lipinski definition) is 9. The van der Waals surface area contributed by atoms with Crippen LogP contribution < -0.4 is 32.7 Å². The Kier molecular flexibility index (Phi) is 18.3. The summed E-state index contributed by atoms with van der Waals surface area (Å²) in [6.45, 7) is 6.54. The second-order valence-electron chi connectivity index (χ2n) is 17.1. The van der Waals surface area contributed by atoms with Gasteiger partial charge >= 0.3 is 0 Å². The fraction of sp³-hybridized carbons (Fsp3) is 0.0714. The van der Waals surface area contributed by atoms with Gasteiger partial charge < -0.3 is 47.4 Å². The first-order valence-corrected chi connectivity index (χ1v) is 25.0. The first-order valence-electron chi connectivity index (χ1n) is 22.9. The van der Waals surface area contributed by atoms with Crippen LogP contribution in [-0.4, -0.2) is 52.1 Å². The lowest BCUT2D eigenvalue weighted by molar-refractivity contribution is 0.0975. The normalized spacial score (nSPS) is 10.4. The van der Waals surface area contributed by atoms with E-state index in [0.29, 0.717) is 11.1 Å². The van der Waals surface area contributed by atoms with Crippen LogP contribution in [0.1, 0.15) is 47.2 Å². The van der Waals surface area contributed by atoms with Gasteiger partial charge in [0.25, 0.3) is 11.8 Å². The van der Waals surface area contributed by atoms with Crippen molar-refractivity contribution in [2.45, 2.75) is 26.2 Å². The Hall–Kier alpha value is -8.77. The van der Waals surface area contributed by atoms with E-state index < -0.39 is 0 Å². The third kappa shape index (κ3) is 14.7. The maximum absolute atomic E-state index is 12.0. The molecular weight excluding hydrogens is 1000 g/mol. The van der Waals surface area contributed by atoms with Gasteiger partial charge in [0.1, 0.15) is 0 Å². The van der Waals surface area contributed by atoms with E-state index in [1.807, 2.05) is 133 Å². The standard InChI is InChI=1S/C16H13N3OS.C15H17N3S.C9H9N3S.C8H8N2.C8H5NOS/c20-15(11-5-2-1-3-6-11)19-16(21)18-14-8-4-7-13-12(14)9-10-17-13;1-15(2,3)13-9-19-14(18-13)17-12-6-4-5-11-10(12)7-8-16-11;10-9(13)12-8-3-1-2-7-6(8)4-5-11-7;9-7-2-1-3-8-6(7)4-5-10-8;10-8(9-6-11)7-4-2-1-3-5-7/h1-10,17H,(H2,18,19,20,21);4-9,16H,1-3H3,(H,17,18);1-5,11H,(H3,10,12,13);1-5,10H,9H2;1-5H. The van der Waals surface area contributed by atoms with Crippen LogP contribution in [0.2, 0.25) is 0 Å². The van der Waals surface area contributed by atoms with Crippen molar-refractivity contribution in [1.29, 1.82) is 0 Å². The molecule has 5 aromatic heterocycles. The zero-order chi connectivity index (χ0) is 52.5.